The van der Waals surface area contributed by atoms with Gasteiger partial charge in [-0.3, -0.25) is 0 Å². The minimum absolute atomic E-state index is 0.362. The summed E-state index contributed by atoms with van der Waals surface area (Å²) in [5.74, 6) is 0.712. The van der Waals surface area contributed by atoms with Crippen LogP contribution in [0.4, 0.5) is 0 Å². The van der Waals surface area contributed by atoms with Gasteiger partial charge in [0.2, 0.25) is 0 Å². The smallest absolute Gasteiger partial charge is 0.0690 e. The molecule has 0 saturated heterocycles. The molecule has 1 saturated carbocycles. The van der Waals surface area contributed by atoms with E-state index in [9.17, 15) is 5.11 Å². The Kier molecular flexibility index (Phi) is 2.83. The first-order valence-electron chi connectivity index (χ1n) is 5.88. The Hall–Kier alpha value is -0.820. The molecule has 0 amide bonds. The number of rotatable bonds is 4. The zero-order valence-corrected chi connectivity index (χ0v) is 9.66. The molecule has 0 bridgehead atoms. The summed E-state index contributed by atoms with van der Waals surface area (Å²) in [4.78, 5) is 0. The van der Waals surface area contributed by atoms with Gasteiger partial charge in [-0.1, -0.05) is 38.1 Å². The molecule has 0 atom stereocenters. The van der Waals surface area contributed by atoms with Gasteiger partial charge in [0.05, 0.1) is 5.60 Å². The van der Waals surface area contributed by atoms with Crippen LogP contribution in [0.3, 0.4) is 0 Å². The summed E-state index contributed by atoms with van der Waals surface area (Å²) in [7, 11) is 0. The maximum absolute atomic E-state index is 9.80. The zero-order chi connectivity index (χ0) is 10.9. The van der Waals surface area contributed by atoms with Gasteiger partial charge in [-0.05, 0) is 36.3 Å². The van der Waals surface area contributed by atoms with Crippen molar-refractivity contribution in [3.05, 3.63) is 35.4 Å². The van der Waals surface area contributed by atoms with E-state index in [1.54, 1.807) is 0 Å². The maximum atomic E-state index is 9.80. The third-order valence-corrected chi connectivity index (χ3v) is 3.03. The molecule has 1 N–H and O–H groups in total. The molecule has 1 aliphatic rings. The summed E-state index contributed by atoms with van der Waals surface area (Å²) in [5.41, 5.74) is 2.30. The van der Waals surface area contributed by atoms with Crippen molar-refractivity contribution in [2.24, 2.45) is 5.92 Å². The van der Waals surface area contributed by atoms with Gasteiger partial charge < -0.3 is 5.11 Å². The Balaban J connectivity index is 1.97. The first kappa shape index (κ1) is 10.7. The monoisotopic (exact) mass is 204 g/mol. The molecule has 1 aromatic carbocycles. The average Bonchev–Trinajstić information content (AvgIpc) is 2.86. The van der Waals surface area contributed by atoms with E-state index in [1.165, 1.54) is 11.1 Å². The maximum Gasteiger partial charge on any atom is 0.0690 e. The van der Waals surface area contributed by atoms with Gasteiger partial charge >= 0.3 is 0 Å². The summed E-state index contributed by atoms with van der Waals surface area (Å²) in [6, 6.07) is 8.71. The van der Waals surface area contributed by atoms with Crippen molar-refractivity contribution in [2.45, 2.75) is 45.1 Å². The molecule has 1 heteroatoms. The lowest BCUT2D eigenvalue weighted by Gasteiger charge is -2.09. The second kappa shape index (κ2) is 3.97. The Labute approximate surface area is 92.1 Å². The fourth-order valence-electron chi connectivity index (χ4n) is 1.97. The van der Waals surface area contributed by atoms with Gasteiger partial charge in [-0.25, -0.2) is 0 Å². The minimum Gasteiger partial charge on any atom is -0.390 e. The largest absolute Gasteiger partial charge is 0.390 e. The summed E-state index contributed by atoms with van der Waals surface area (Å²) in [6.45, 7) is 4.47. The summed E-state index contributed by atoms with van der Waals surface area (Å²) in [6.07, 6.45) is 3.92. The predicted octanol–water partition coefficient (Wildman–Crippen LogP) is 2.95. The van der Waals surface area contributed by atoms with E-state index >= 15 is 0 Å². The van der Waals surface area contributed by atoms with Crippen LogP contribution < -0.4 is 0 Å². The molecule has 1 nitrogen and oxygen atoms in total. The lowest BCUT2D eigenvalue weighted by Crippen LogP contribution is -2.10. The normalized spacial score (nSPS) is 18.1. The molecule has 0 unspecified atom stereocenters. The topological polar surface area (TPSA) is 20.2 Å². The van der Waals surface area contributed by atoms with Crippen LogP contribution in [0.15, 0.2) is 24.3 Å². The number of benzene rings is 1. The van der Waals surface area contributed by atoms with Crippen LogP contribution >= 0.6 is 0 Å². The molecule has 1 fully saturated rings. The van der Waals surface area contributed by atoms with Crippen LogP contribution in [0, 0.1) is 5.92 Å². The van der Waals surface area contributed by atoms with Crippen molar-refractivity contribution >= 4 is 0 Å². The Morgan fingerprint density at radius 2 is 1.67 bits per heavy atom. The molecule has 2 rings (SSSR count). The van der Waals surface area contributed by atoms with Crippen LogP contribution in [0.5, 0.6) is 0 Å². The van der Waals surface area contributed by atoms with Gasteiger partial charge in [0.25, 0.3) is 0 Å². The molecule has 0 spiro atoms. The third-order valence-electron chi connectivity index (χ3n) is 3.03. The van der Waals surface area contributed by atoms with Crippen LogP contribution in [0.1, 0.15) is 37.8 Å². The Morgan fingerprint density at radius 1 is 1.13 bits per heavy atom. The molecule has 0 heterocycles. The number of hydrogen-bond acceptors (Lipinski definition) is 1. The van der Waals surface area contributed by atoms with Gasteiger partial charge in [0.1, 0.15) is 0 Å². The molecule has 1 aromatic rings. The van der Waals surface area contributed by atoms with Crippen molar-refractivity contribution in [2.75, 3.05) is 0 Å². The van der Waals surface area contributed by atoms with E-state index < -0.39 is 0 Å². The van der Waals surface area contributed by atoms with E-state index in [4.69, 9.17) is 0 Å². The van der Waals surface area contributed by atoms with Crippen LogP contribution in [-0.4, -0.2) is 10.7 Å². The van der Waals surface area contributed by atoms with Crippen LogP contribution in [-0.2, 0) is 12.8 Å². The third kappa shape index (κ3) is 3.07. The SMILES string of the molecule is CC(C)Cc1ccc(CC2(O)CC2)cc1. The van der Waals surface area contributed by atoms with E-state index in [-0.39, 0.29) is 5.60 Å². The summed E-state index contributed by atoms with van der Waals surface area (Å²) >= 11 is 0. The van der Waals surface area contributed by atoms with E-state index in [0.717, 1.165) is 25.7 Å². The fourth-order valence-corrected chi connectivity index (χ4v) is 1.97. The molecule has 0 aromatic heterocycles. The van der Waals surface area contributed by atoms with Gasteiger partial charge in [0, 0.05) is 6.42 Å². The molecule has 82 valence electrons. The second-order valence-corrected chi connectivity index (χ2v) is 5.32. The summed E-state index contributed by atoms with van der Waals surface area (Å²) in [5, 5.41) is 9.80. The van der Waals surface area contributed by atoms with Crippen LogP contribution in [0.25, 0.3) is 0 Å². The molecule has 1 aliphatic carbocycles. The lowest BCUT2D eigenvalue weighted by molar-refractivity contribution is 0.151. The van der Waals surface area contributed by atoms with Crippen molar-refractivity contribution in [1.82, 2.24) is 0 Å². The quantitative estimate of drug-likeness (QED) is 0.799. The fraction of sp³-hybridized carbons (Fsp3) is 0.571. The highest BCUT2D eigenvalue weighted by Gasteiger charge is 2.39. The van der Waals surface area contributed by atoms with Gasteiger partial charge in [-0.2, -0.15) is 0 Å². The van der Waals surface area contributed by atoms with Crippen molar-refractivity contribution in [1.29, 1.82) is 0 Å². The van der Waals surface area contributed by atoms with Crippen molar-refractivity contribution in [3.8, 4) is 0 Å². The highest BCUT2D eigenvalue weighted by Crippen LogP contribution is 2.38. The molecule has 0 radical (unpaired) electrons. The summed E-state index contributed by atoms with van der Waals surface area (Å²) < 4.78 is 0. The highest BCUT2D eigenvalue weighted by molar-refractivity contribution is 5.25. The Morgan fingerprint density at radius 3 is 2.13 bits per heavy atom. The van der Waals surface area contributed by atoms with Gasteiger partial charge in [-0.15, -0.1) is 0 Å². The average molecular weight is 204 g/mol. The van der Waals surface area contributed by atoms with Crippen molar-refractivity contribution in [3.63, 3.8) is 0 Å². The van der Waals surface area contributed by atoms with Crippen LogP contribution in [0.2, 0.25) is 0 Å². The zero-order valence-electron chi connectivity index (χ0n) is 9.66. The first-order valence-corrected chi connectivity index (χ1v) is 5.88. The predicted molar refractivity (Wildman–Crippen MR) is 62.9 cm³/mol. The van der Waals surface area contributed by atoms with E-state index in [1.807, 2.05) is 0 Å². The molecular weight excluding hydrogens is 184 g/mol. The number of aliphatic hydroxyl groups is 1. The molecule has 0 aliphatic heterocycles. The minimum atomic E-state index is -0.362. The van der Waals surface area contributed by atoms with Gasteiger partial charge in [0.15, 0.2) is 0 Å². The van der Waals surface area contributed by atoms with E-state index in [0.29, 0.717) is 5.92 Å². The molecular formula is C14H20O. The second-order valence-electron chi connectivity index (χ2n) is 5.32. The molecule has 15 heavy (non-hydrogen) atoms. The van der Waals surface area contributed by atoms with Crippen molar-refractivity contribution < 1.29 is 5.11 Å². The standard InChI is InChI=1S/C14H20O/c1-11(2)9-12-3-5-13(6-4-12)10-14(15)7-8-14/h3-6,11,15H,7-10H2,1-2H3. The van der Waals surface area contributed by atoms with E-state index in [2.05, 4.69) is 38.1 Å². The number of hydrogen-bond donors (Lipinski definition) is 1. The highest BCUT2D eigenvalue weighted by atomic mass is 16.3. The lowest BCUT2D eigenvalue weighted by atomic mass is 9.99. The Bertz CT molecular complexity index is 320. The first-order chi connectivity index (χ1) is 7.07.